The Morgan fingerprint density at radius 3 is 2.55 bits per heavy atom. The molecule has 1 heterocycles. The fraction of sp³-hybridized carbons (Fsp3) is 0.0769. The molecule has 0 bridgehead atoms. The van der Waals surface area contributed by atoms with Gasteiger partial charge in [-0.15, -0.1) is 0 Å². The zero-order chi connectivity index (χ0) is 14.8. The van der Waals surface area contributed by atoms with E-state index in [0.29, 0.717) is 0 Å². The van der Waals surface area contributed by atoms with Crippen molar-refractivity contribution in [1.82, 2.24) is 4.98 Å². The molecule has 0 saturated heterocycles. The first-order valence-electron chi connectivity index (χ1n) is 5.47. The number of aromatic nitrogens is 1. The van der Waals surface area contributed by atoms with Crippen LogP contribution in [-0.2, 0) is 6.18 Å². The van der Waals surface area contributed by atoms with Gasteiger partial charge < -0.3 is 5.32 Å². The van der Waals surface area contributed by atoms with Crippen molar-refractivity contribution >= 4 is 23.2 Å². The summed E-state index contributed by atoms with van der Waals surface area (Å²) in [7, 11) is 0. The maximum Gasteiger partial charge on any atom is 0.417 e. The number of nitrogens with zero attached hydrogens (tertiary/aromatic N) is 1. The number of pyridine rings is 1. The molecule has 0 radical (unpaired) electrons. The Morgan fingerprint density at radius 2 is 1.90 bits per heavy atom. The largest absolute Gasteiger partial charge is 0.417 e. The number of halogens is 4. The van der Waals surface area contributed by atoms with Gasteiger partial charge in [-0.25, -0.2) is 4.98 Å². The van der Waals surface area contributed by atoms with E-state index in [-0.39, 0.29) is 10.8 Å². The number of anilines is 1. The van der Waals surface area contributed by atoms with E-state index in [1.165, 1.54) is 30.5 Å². The average Bonchev–Trinajstić information content (AvgIpc) is 2.37. The summed E-state index contributed by atoms with van der Waals surface area (Å²) >= 11 is 5.64. The number of rotatable bonds is 2. The van der Waals surface area contributed by atoms with Crippen LogP contribution in [0.3, 0.4) is 0 Å². The second kappa shape index (κ2) is 5.50. The van der Waals surface area contributed by atoms with Crippen molar-refractivity contribution in [2.45, 2.75) is 6.18 Å². The molecular weight excluding hydrogens is 293 g/mol. The molecule has 1 aromatic carbocycles. The quantitative estimate of drug-likeness (QED) is 0.852. The second-order valence-electron chi connectivity index (χ2n) is 3.86. The Morgan fingerprint density at radius 1 is 1.20 bits per heavy atom. The third-order valence-electron chi connectivity index (χ3n) is 2.46. The minimum absolute atomic E-state index is 0.131. The molecule has 2 aromatic rings. The van der Waals surface area contributed by atoms with Crippen molar-refractivity contribution in [1.29, 1.82) is 0 Å². The van der Waals surface area contributed by atoms with E-state index in [1.54, 1.807) is 0 Å². The summed E-state index contributed by atoms with van der Waals surface area (Å²) < 4.78 is 38.4. The van der Waals surface area contributed by atoms with Crippen LogP contribution < -0.4 is 5.32 Å². The molecule has 0 aliphatic carbocycles. The van der Waals surface area contributed by atoms with E-state index in [0.717, 1.165) is 12.1 Å². The zero-order valence-corrected chi connectivity index (χ0v) is 10.7. The minimum Gasteiger partial charge on any atom is -0.322 e. The van der Waals surface area contributed by atoms with Crippen molar-refractivity contribution in [3.05, 3.63) is 58.9 Å². The summed E-state index contributed by atoms with van der Waals surface area (Å²) in [5.41, 5.74) is -1.17. The van der Waals surface area contributed by atoms with Gasteiger partial charge in [-0.1, -0.05) is 23.7 Å². The number of carbonyl (C=O) groups excluding carboxylic acids is 1. The van der Waals surface area contributed by atoms with Crippen molar-refractivity contribution in [2.24, 2.45) is 0 Å². The number of hydrogen-bond acceptors (Lipinski definition) is 2. The minimum atomic E-state index is -4.59. The smallest absolute Gasteiger partial charge is 0.322 e. The molecular formula is C13H8ClF3N2O. The molecule has 0 unspecified atom stereocenters. The molecule has 0 aliphatic rings. The van der Waals surface area contributed by atoms with E-state index in [1.807, 2.05) is 0 Å². The third-order valence-corrected chi connectivity index (χ3v) is 2.67. The van der Waals surface area contributed by atoms with Gasteiger partial charge in [0.15, 0.2) is 0 Å². The van der Waals surface area contributed by atoms with Crippen LogP contribution in [0.25, 0.3) is 0 Å². The number of carbonyl (C=O) groups is 1. The van der Waals surface area contributed by atoms with E-state index >= 15 is 0 Å². The van der Waals surface area contributed by atoms with Crippen LogP contribution in [-0.4, -0.2) is 10.9 Å². The topological polar surface area (TPSA) is 42.0 Å². The van der Waals surface area contributed by atoms with Gasteiger partial charge in [-0.3, -0.25) is 4.79 Å². The maximum absolute atomic E-state index is 12.8. The Balaban J connectivity index is 2.31. The van der Waals surface area contributed by atoms with Crippen LogP contribution in [0.15, 0.2) is 42.6 Å². The molecule has 0 spiro atoms. The fourth-order valence-corrected chi connectivity index (χ4v) is 1.78. The van der Waals surface area contributed by atoms with E-state index in [9.17, 15) is 18.0 Å². The van der Waals surface area contributed by atoms with Crippen LogP contribution in [0.2, 0.25) is 5.15 Å². The molecule has 1 aromatic heterocycles. The summed E-state index contributed by atoms with van der Waals surface area (Å²) in [6, 6.07) is 7.33. The zero-order valence-electron chi connectivity index (χ0n) is 9.91. The Hall–Kier alpha value is -2.08. The molecule has 1 N–H and O–H groups in total. The number of alkyl halides is 3. The highest BCUT2D eigenvalue weighted by molar-refractivity contribution is 6.29. The molecule has 2 rings (SSSR count). The van der Waals surface area contributed by atoms with Gasteiger partial charge in [0.2, 0.25) is 0 Å². The Labute approximate surface area is 117 Å². The molecule has 3 nitrogen and oxygen atoms in total. The van der Waals surface area contributed by atoms with Gasteiger partial charge in [-0.05, 0) is 24.3 Å². The van der Waals surface area contributed by atoms with E-state index in [4.69, 9.17) is 11.6 Å². The Bertz CT molecular complexity index is 644. The first-order chi connectivity index (χ1) is 9.38. The molecule has 1 amide bonds. The van der Waals surface area contributed by atoms with Crippen LogP contribution in [0.1, 0.15) is 15.9 Å². The lowest BCUT2D eigenvalue weighted by atomic mass is 10.1. The van der Waals surface area contributed by atoms with Crippen LogP contribution in [0.4, 0.5) is 18.9 Å². The molecule has 104 valence electrons. The second-order valence-corrected chi connectivity index (χ2v) is 4.25. The van der Waals surface area contributed by atoms with E-state index < -0.39 is 23.2 Å². The van der Waals surface area contributed by atoms with Gasteiger partial charge in [0.05, 0.1) is 11.1 Å². The lowest BCUT2D eigenvalue weighted by Crippen LogP contribution is -2.18. The molecule has 0 fully saturated rings. The highest BCUT2D eigenvalue weighted by Crippen LogP contribution is 2.32. The van der Waals surface area contributed by atoms with Gasteiger partial charge in [0.25, 0.3) is 5.91 Å². The van der Waals surface area contributed by atoms with Crippen LogP contribution >= 0.6 is 11.6 Å². The highest BCUT2D eigenvalue weighted by Gasteiger charge is 2.34. The number of nitrogens with one attached hydrogen (secondary N) is 1. The van der Waals surface area contributed by atoms with Crippen LogP contribution in [0.5, 0.6) is 0 Å². The SMILES string of the molecule is O=C(Nc1ccnc(Cl)c1)c1ccccc1C(F)(F)F. The molecule has 7 heteroatoms. The van der Waals surface area contributed by atoms with Crippen molar-refractivity contribution in [3.63, 3.8) is 0 Å². The van der Waals surface area contributed by atoms with Gasteiger partial charge in [-0.2, -0.15) is 13.2 Å². The van der Waals surface area contributed by atoms with Gasteiger partial charge >= 0.3 is 6.18 Å². The molecule has 0 atom stereocenters. The molecule has 0 aliphatic heterocycles. The first-order valence-corrected chi connectivity index (χ1v) is 5.85. The summed E-state index contributed by atoms with van der Waals surface area (Å²) in [5.74, 6) is -0.861. The van der Waals surface area contributed by atoms with Gasteiger partial charge in [0.1, 0.15) is 5.15 Å². The van der Waals surface area contributed by atoms with Crippen molar-refractivity contribution in [2.75, 3.05) is 5.32 Å². The summed E-state index contributed by atoms with van der Waals surface area (Å²) in [6.45, 7) is 0. The molecule has 0 saturated carbocycles. The predicted molar refractivity (Wildman–Crippen MR) is 68.6 cm³/mol. The summed E-state index contributed by atoms with van der Waals surface area (Å²) in [6.07, 6.45) is -3.25. The lowest BCUT2D eigenvalue weighted by Gasteiger charge is -2.12. The standard InChI is InChI=1S/C13H8ClF3N2O/c14-11-7-8(5-6-18-11)19-12(20)9-3-1-2-4-10(9)13(15,16)17/h1-7H,(H,18,19,20). The van der Waals surface area contributed by atoms with Gasteiger partial charge in [0, 0.05) is 11.9 Å². The van der Waals surface area contributed by atoms with E-state index in [2.05, 4.69) is 10.3 Å². The number of benzene rings is 1. The fourth-order valence-electron chi connectivity index (χ4n) is 1.61. The summed E-state index contributed by atoms with van der Waals surface area (Å²) in [5, 5.41) is 2.48. The number of amides is 1. The average molecular weight is 301 g/mol. The van der Waals surface area contributed by atoms with Crippen molar-refractivity contribution < 1.29 is 18.0 Å². The number of hydrogen-bond donors (Lipinski definition) is 1. The third kappa shape index (κ3) is 3.27. The highest BCUT2D eigenvalue weighted by atomic mass is 35.5. The van der Waals surface area contributed by atoms with Crippen LogP contribution in [0, 0.1) is 0 Å². The molecule has 20 heavy (non-hydrogen) atoms. The first kappa shape index (κ1) is 14.3. The monoisotopic (exact) mass is 300 g/mol. The predicted octanol–water partition coefficient (Wildman–Crippen LogP) is 4.01. The normalized spacial score (nSPS) is 11.2. The Kier molecular flexibility index (Phi) is 3.94. The lowest BCUT2D eigenvalue weighted by molar-refractivity contribution is -0.137. The summed E-state index contributed by atoms with van der Waals surface area (Å²) in [4.78, 5) is 15.6. The maximum atomic E-state index is 12.8. The van der Waals surface area contributed by atoms with Crippen molar-refractivity contribution in [3.8, 4) is 0 Å².